The second-order valence-electron chi connectivity index (χ2n) is 7.39. The number of rotatable bonds is 10. The Morgan fingerprint density at radius 2 is 1.92 bits per heavy atom. The quantitative estimate of drug-likeness (QED) is 0.621. The number of urea groups is 1. The highest BCUT2D eigenvalue weighted by molar-refractivity contribution is 5.73. The maximum Gasteiger partial charge on any atom is 0.315 e. The van der Waals surface area contributed by atoms with Gasteiger partial charge in [0, 0.05) is 13.1 Å². The van der Waals surface area contributed by atoms with E-state index >= 15 is 0 Å². The predicted octanol–water partition coefficient (Wildman–Crippen LogP) is 3.93. The van der Waals surface area contributed by atoms with Crippen molar-refractivity contribution in [2.24, 2.45) is 0 Å². The maximum absolute atomic E-state index is 11.9. The minimum atomic E-state index is -0.101. The number of carbonyl (C=O) groups excluding carboxylic acids is 1. The van der Waals surface area contributed by atoms with Crippen molar-refractivity contribution in [1.29, 1.82) is 0 Å². The summed E-state index contributed by atoms with van der Waals surface area (Å²) in [4.78, 5) is 14.5. The van der Waals surface area contributed by atoms with E-state index in [1.165, 1.54) is 51.7 Å². The van der Waals surface area contributed by atoms with Crippen LogP contribution in [0, 0.1) is 0 Å². The Morgan fingerprint density at radius 3 is 2.69 bits per heavy atom. The summed E-state index contributed by atoms with van der Waals surface area (Å²) in [7, 11) is 0. The fourth-order valence-corrected chi connectivity index (χ4v) is 3.27. The highest BCUT2D eigenvalue weighted by Gasteiger charge is 2.08. The van der Waals surface area contributed by atoms with Crippen molar-refractivity contribution in [2.75, 3.05) is 26.2 Å². The molecule has 0 radical (unpaired) electrons. The number of nitrogens with zero attached hydrogens (tertiary/aromatic N) is 1. The Hall–Kier alpha value is -1.75. The summed E-state index contributed by atoms with van der Waals surface area (Å²) in [6.07, 6.45) is 7.69. The van der Waals surface area contributed by atoms with Crippen LogP contribution in [0.25, 0.3) is 0 Å². The van der Waals surface area contributed by atoms with Gasteiger partial charge in [-0.05, 0) is 76.9 Å². The number of piperidine rings is 1. The number of unbranched alkanes of at least 4 members (excludes halogenated alkanes) is 2. The monoisotopic (exact) mass is 361 g/mol. The molecule has 1 fully saturated rings. The molecule has 1 aromatic rings. The number of likely N-dealkylation sites (tertiary alicyclic amines) is 1. The van der Waals surface area contributed by atoms with Crippen LogP contribution in [-0.4, -0.2) is 43.2 Å². The van der Waals surface area contributed by atoms with Crippen molar-refractivity contribution in [3.63, 3.8) is 0 Å². The van der Waals surface area contributed by atoms with Gasteiger partial charge in [0.05, 0.1) is 6.10 Å². The van der Waals surface area contributed by atoms with Crippen molar-refractivity contribution in [3.05, 3.63) is 29.8 Å². The Balaban J connectivity index is 1.52. The van der Waals surface area contributed by atoms with E-state index in [1.807, 2.05) is 38.1 Å². The first kappa shape index (κ1) is 20.6. The molecule has 0 bridgehead atoms. The predicted molar refractivity (Wildman–Crippen MR) is 107 cm³/mol. The Kier molecular flexibility index (Phi) is 9.32. The van der Waals surface area contributed by atoms with Crippen LogP contribution in [0.3, 0.4) is 0 Å². The molecule has 2 N–H and O–H groups in total. The van der Waals surface area contributed by atoms with Gasteiger partial charge in [0.25, 0.3) is 0 Å². The number of hydrogen-bond acceptors (Lipinski definition) is 3. The van der Waals surface area contributed by atoms with E-state index < -0.39 is 0 Å². The molecule has 1 aromatic carbocycles. The van der Waals surface area contributed by atoms with Gasteiger partial charge in [0.2, 0.25) is 0 Å². The van der Waals surface area contributed by atoms with Crippen molar-refractivity contribution in [3.8, 4) is 5.75 Å². The Bertz CT molecular complexity index is 528. The second-order valence-corrected chi connectivity index (χ2v) is 7.39. The van der Waals surface area contributed by atoms with Crippen LogP contribution in [0.2, 0.25) is 0 Å². The molecule has 0 unspecified atom stereocenters. The topological polar surface area (TPSA) is 53.6 Å². The lowest BCUT2D eigenvalue weighted by molar-refractivity contribution is 0.223. The first-order valence-electron chi connectivity index (χ1n) is 10.1. The van der Waals surface area contributed by atoms with Crippen molar-refractivity contribution in [1.82, 2.24) is 15.5 Å². The molecular weight excluding hydrogens is 326 g/mol. The molecule has 146 valence electrons. The second kappa shape index (κ2) is 11.8. The van der Waals surface area contributed by atoms with E-state index in [0.29, 0.717) is 6.54 Å². The SMILES string of the molecule is CC(C)Oc1cccc(CNC(=O)NCCCCCN2CCCCC2)c1. The zero-order valence-electron chi connectivity index (χ0n) is 16.4. The maximum atomic E-state index is 11.9. The zero-order valence-corrected chi connectivity index (χ0v) is 16.4. The molecule has 1 aliphatic heterocycles. The average molecular weight is 362 g/mol. The minimum Gasteiger partial charge on any atom is -0.491 e. The molecule has 0 saturated carbocycles. The number of benzene rings is 1. The first-order chi connectivity index (χ1) is 12.6. The number of ether oxygens (including phenoxy) is 1. The van der Waals surface area contributed by atoms with Crippen LogP contribution >= 0.6 is 0 Å². The third-order valence-corrected chi connectivity index (χ3v) is 4.61. The number of hydrogen-bond donors (Lipinski definition) is 2. The van der Waals surface area contributed by atoms with Gasteiger partial charge in [-0.2, -0.15) is 0 Å². The molecule has 5 heteroatoms. The fourth-order valence-electron chi connectivity index (χ4n) is 3.27. The van der Waals surface area contributed by atoms with E-state index in [-0.39, 0.29) is 12.1 Å². The highest BCUT2D eigenvalue weighted by atomic mass is 16.5. The van der Waals surface area contributed by atoms with E-state index in [2.05, 4.69) is 15.5 Å². The first-order valence-corrected chi connectivity index (χ1v) is 10.1. The largest absolute Gasteiger partial charge is 0.491 e. The van der Waals surface area contributed by atoms with E-state index in [0.717, 1.165) is 24.3 Å². The molecule has 0 spiro atoms. The molecule has 1 saturated heterocycles. The number of nitrogens with one attached hydrogen (secondary N) is 2. The molecule has 1 aliphatic rings. The summed E-state index contributed by atoms with van der Waals surface area (Å²) in [6, 6.07) is 7.76. The van der Waals surface area contributed by atoms with Gasteiger partial charge >= 0.3 is 6.03 Å². The summed E-state index contributed by atoms with van der Waals surface area (Å²) in [5.41, 5.74) is 1.04. The van der Waals surface area contributed by atoms with Crippen LogP contribution in [-0.2, 0) is 6.54 Å². The third-order valence-electron chi connectivity index (χ3n) is 4.61. The summed E-state index contributed by atoms with van der Waals surface area (Å²) in [6.45, 7) is 9.00. The Labute approximate surface area is 158 Å². The lowest BCUT2D eigenvalue weighted by atomic mass is 10.1. The standard InChI is InChI=1S/C21H35N3O2/c1-18(2)26-20-11-9-10-19(16-20)17-23-21(25)22-12-5-3-6-13-24-14-7-4-8-15-24/h9-11,16,18H,3-8,12-15,17H2,1-2H3,(H2,22,23,25). The smallest absolute Gasteiger partial charge is 0.315 e. The summed E-state index contributed by atoms with van der Waals surface area (Å²) in [5.74, 6) is 0.841. The van der Waals surface area contributed by atoms with Gasteiger partial charge in [0.15, 0.2) is 0 Å². The lowest BCUT2D eigenvalue weighted by Crippen LogP contribution is -2.35. The summed E-state index contributed by atoms with van der Waals surface area (Å²) in [5, 5.41) is 5.85. The van der Waals surface area contributed by atoms with Crippen molar-refractivity contribution >= 4 is 6.03 Å². The molecule has 0 aliphatic carbocycles. The zero-order chi connectivity index (χ0) is 18.6. The molecule has 2 rings (SSSR count). The van der Waals surface area contributed by atoms with Gasteiger partial charge in [-0.3, -0.25) is 0 Å². The van der Waals surface area contributed by atoms with Gasteiger partial charge in [-0.25, -0.2) is 4.79 Å². The molecule has 2 amide bonds. The highest BCUT2D eigenvalue weighted by Crippen LogP contribution is 2.14. The summed E-state index contributed by atoms with van der Waals surface area (Å²) >= 11 is 0. The van der Waals surface area contributed by atoms with Crippen LogP contribution in [0.1, 0.15) is 57.9 Å². The fraction of sp³-hybridized carbons (Fsp3) is 0.667. The van der Waals surface area contributed by atoms with Gasteiger partial charge in [0.1, 0.15) is 5.75 Å². The minimum absolute atomic E-state index is 0.101. The summed E-state index contributed by atoms with van der Waals surface area (Å²) < 4.78 is 5.68. The van der Waals surface area contributed by atoms with Gasteiger partial charge < -0.3 is 20.3 Å². The van der Waals surface area contributed by atoms with E-state index in [1.54, 1.807) is 0 Å². The van der Waals surface area contributed by atoms with Crippen molar-refractivity contribution < 1.29 is 9.53 Å². The van der Waals surface area contributed by atoms with Crippen LogP contribution < -0.4 is 15.4 Å². The van der Waals surface area contributed by atoms with Gasteiger partial charge in [-0.1, -0.05) is 25.0 Å². The van der Waals surface area contributed by atoms with Crippen LogP contribution in [0.15, 0.2) is 24.3 Å². The molecule has 1 heterocycles. The van der Waals surface area contributed by atoms with Crippen LogP contribution in [0.4, 0.5) is 4.79 Å². The lowest BCUT2D eigenvalue weighted by Gasteiger charge is -2.26. The molecule has 26 heavy (non-hydrogen) atoms. The van der Waals surface area contributed by atoms with Crippen molar-refractivity contribution in [2.45, 2.75) is 65.0 Å². The van der Waals surface area contributed by atoms with Gasteiger partial charge in [-0.15, -0.1) is 0 Å². The average Bonchev–Trinajstić information content (AvgIpc) is 2.63. The number of carbonyl (C=O) groups is 1. The molecule has 5 nitrogen and oxygen atoms in total. The molecule has 0 aromatic heterocycles. The number of amides is 2. The molecular formula is C21H35N3O2. The third kappa shape index (κ3) is 8.56. The molecule has 0 atom stereocenters. The Morgan fingerprint density at radius 1 is 1.12 bits per heavy atom. The van der Waals surface area contributed by atoms with E-state index in [4.69, 9.17) is 4.74 Å². The van der Waals surface area contributed by atoms with Crippen LogP contribution in [0.5, 0.6) is 5.75 Å². The normalized spacial score (nSPS) is 15.0. The van der Waals surface area contributed by atoms with E-state index in [9.17, 15) is 4.79 Å².